The van der Waals surface area contributed by atoms with Crippen molar-refractivity contribution in [2.24, 2.45) is 5.73 Å². The zero-order valence-corrected chi connectivity index (χ0v) is 8.59. The van der Waals surface area contributed by atoms with Gasteiger partial charge in [0.05, 0.1) is 6.04 Å². The number of urea groups is 1. The number of hydrogen-bond donors (Lipinski definition) is 4. The molecule has 6 heteroatoms. The Morgan fingerprint density at radius 3 is 2.57 bits per heavy atom. The van der Waals surface area contributed by atoms with Gasteiger partial charge in [-0.25, -0.2) is 4.79 Å². The fourth-order valence-electron chi connectivity index (χ4n) is 0.796. The fraction of sp³-hybridized carbons (Fsp3) is 0.750. The number of nitrogens with two attached hydrogens (primary N) is 1. The molecule has 0 bridgehead atoms. The summed E-state index contributed by atoms with van der Waals surface area (Å²) in [5.74, 6) is -0.346. The van der Waals surface area contributed by atoms with Crippen molar-refractivity contribution in [3.63, 3.8) is 0 Å². The summed E-state index contributed by atoms with van der Waals surface area (Å²) in [4.78, 5) is 22.0. The summed E-state index contributed by atoms with van der Waals surface area (Å²) in [6.07, 6.45) is 0.803. The molecule has 0 radical (unpaired) electrons. The van der Waals surface area contributed by atoms with Crippen LogP contribution in [0.3, 0.4) is 0 Å². The third kappa shape index (κ3) is 5.50. The van der Waals surface area contributed by atoms with Crippen LogP contribution in [0.5, 0.6) is 0 Å². The lowest BCUT2D eigenvalue weighted by atomic mass is 10.3. The predicted molar refractivity (Wildman–Crippen MR) is 53.7 cm³/mol. The largest absolute Gasteiger partial charge is 0.341 e. The van der Waals surface area contributed by atoms with Gasteiger partial charge in [-0.3, -0.25) is 10.1 Å². The number of carbonyl (C=O) groups excluding carboxylic acids is 2. The topological polar surface area (TPSA) is 96.2 Å². The van der Waals surface area contributed by atoms with Crippen molar-refractivity contribution in [1.29, 1.82) is 0 Å². The molecule has 0 saturated heterocycles. The second-order valence-corrected chi connectivity index (χ2v) is 2.89. The number of carbonyl (C=O) groups is 2. The molecule has 0 fully saturated rings. The maximum Gasteiger partial charge on any atom is 0.321 e. The smallest absolute Gasteiger partial charge is 0.321 e. The molecule has 0 aliphatic heterocycles. The molecule has 1 unspecified atom stereocenters. The average molecular weight is 202 g/mol. The van der Waals surface area contributed by atoms with Gasteiger partial charge in [0, 0.05) is 7.05 Å². The van der Waals surface area contributed by atoms with Crippen LogP contribution in [0.25, 0.3) is 0 Å². The van der Waals surface area contributed by atoms with Crippen LogP contribution in [0.2, 0.25) is 0 Å². The normalized spacial score (nSPS) is 11.9. The molecular formula is C8H18N4O2. The van der Waals surface area contributed by atoms with E-state index in [-0.39, 0.29) is 11.9 Å². The fourth-order valence-corrected chi connectivity index (χ4v) is 0.796. The quantitative estimate of drug-likeness (QED) is 0.420. The lowest BCUT2D eigenvalue weighted by Gasteiger charge is -2.12. The SMILES string of the molecule is CNC(=O)NC(=O)C(C)NCCCN. The summed E-state index contributed by atoms with van der Waals surface area (Å²) in [7, 11) is 1.45. The molecule has 0 aromatic rings. The van der Waals surface area contributed by atoms with Crippen molar-refractivity contribution in [1.82, 2.24) is 16.0 Å². The zero-order chi connectivity index (χ0) is 11.0. The van der Waals surface area contributed by atoms with Gasteiger partial charge in [-0.2, -0.15) is 0 Å². The van der Waals surface area contributed by atoms with Crippen LogP contribution in [0.4, 0.5) is 4.79 Å². The van der Waals surface area contributed by atoms with Crippen molar-refractivity contribution in [3.05, 3.63) is 0 Å². The van der Waals surface area contributed by atoms with E-state index in [1.54, 1.807) is 6.92 Å². The molecule has 3 amide bonds. The number of hydrogen-bond acceptors (Lipinski definition) is 4. The van der Waals surface area contributed by atoms with Crippen molar-refractivity contribution >= 4 is 11.9 Å². The molecule has 0 rings (SSSR count). The average Bonchev–Trinajstić information content (AvgIpc) is 2.17. The van der Waals surface area contributed by atoms with Crippen LogP contribution in [-0.2, 0) is 4.79 Å². The van der Waals surface area contributed by atoms with E-state index in [4.69, 9.17) is 5.73 Å². The highest BCUT2D eigenvalue weighted by Crippen LogP contribution is 1.82. The van der Waals surface area contributed by atoms with Crippen LogP contribution in [-0.4, -0.2) is 38.1 Å². The molecule has 1 atom stereocenters. The number of imide groups is 1. The van der Waals surface area contributed by atoms with Crippen molar-refractivity contribution in [3.8, 4) is 0 Å². The van der Waals surface area contributed by atoms with Crippen LogP contribution in [0.1, 0.15) is 13.3 Å². The van der Waals surface area contributed by atoms with Gasteiger partial charge in [-0.1, -0.05) is 0 Å². The van der Waals surface area contributed by atoms with Gasteiger partial charge in [0.2, 0.25) is 5.91 Å². The molecule has 0 saturated carbocycles. The Kier molecular flexibility index (Phi) is 6.69. The van der Waals surface area contributed by atoms with Gasteiger partial charge in [0.25, 0.3) is 0 Å². The van der Waals surface area contributed by atoms with Gasteiger partial charge in [0.1, 0.15) is 0 Å². The molecule has 0 aliphatic carbocycles. The first-order valence-electron chi connectivity index (χ1n) is 4.57. The van der Waals surface area contributed by atoms with Gasteiger partial charge in [-0.05, 0) is 26.4 Å². The minimum absolute atomic E-state index is 0.346. The monoisotopic (exact) mass is 202 g/mol. The molecule has 14 heavy (non-hydrogen) atoms. The van der Waals surface area contributed by atoms with E-state index in [0.717, 1.165) is 6.42 Å². The Bertz CT molecular complexity index is 196. The Balaban J connectivity index is 3.70. The number of amides is 3. The third-order valence-electron chi connectivity index (χ3n) is 1.69. The van der Waals surface area contributed by atoms with Crippen molar-refractivity contribution in [2.75, 3.05) is 20.1 Å². The van der Waals surface area contributed by atoms with E-state index >= 15 is 0 Å². The summed E-state index contributed by atoms with van der Waals surface area (Å²) in [6, 6.07) is -0.888. The highest BCUT2D eigenvalue weighted by molar-refractivity contribution is 5.96. The highest BCUT2D eigenvalue weighted by Gasteiger charge is 2.13. The van der Waals surface area contributed by atoms with Crippen LogP contribution < -0.4 is 21.7 Å². The summed E-state index contributed by atoms with van der Waals surface area (Å²) < 4.78 is 0. The zero-order valence-electron chi connectivity index (χ0n) is 8.59. The molecule has 0 aromatic carbocycles. The summed E-state index contributed by atoms with van der Waals surface area (Å²) in [5.41, 5.74) is 5.29. The molecule has 0 spiro atoms. The minimum Gasteiger partial charge on any atom is -0.341 e. The third-order valence-corrected chi connectivity index (χ3v) is 1.69. The standard InChI is InChI=1S/C8H18N4O2/c1-6(11-5-3-4-9)7(13)12-8(14)10-2/h6,11H,3-5,9H2,1-2H3,(H2,10,12,13,14). The molecule has 0 aromatic heterocycles. The maximum atomic E-state index is 11.2. The van der Waals surface area contributed by atoms with Gasteiger partial charge < -0.3 is 16.4 Å². The second-order valence-electron chi connectivity index (χ2n) is 2.89. The number of nitrogens with one attached hydrogen (secondary N) is 3. The first-order valence-corrected chi connectivity index (χ1v) is 4.57. The van der Waals surface area contributed by atoms with Gasteiger partial charge in [-0.15, -0.1) is 0 Å². The molecule has 0 aliphatic rings. The maximum absolute atomic E-state index is 11.2. The summed E-state index contributed by atoms with van der Waals surface area (Å²) in [5, 5.41) is 7.41. The van der Waals surface area contributed by atoms with Crippen LogP contribution in [0, 0.1) is 0 Å². The van der Waals surface area contributed by atoms with Crippen LogP contribution >= 0.6 is 0 Å². The van der Waals surface area contributed by atoms with E-state index in [9.17, 15) is 9.59 Å². The van der Waals surface area contributed by atoms with Crippen molar-refractivity contribution in [2.45, 2.75) is 19.4 Å². The number of rotatable bonds is 5. The molecule has 82 valence electrons. The summed E-state index contributed by atoms with van der Waals surface area (Å²) in [6.45, 7) is 2.93. The van der Waals surface area contributed by atoms with Gasteiger partial charge >= 0.3 is 6.03 Å². The lowest BCUT2D eigenvalue weighted by molar-refractivity contribution is -0.121. The predicted octanol–water partition coefficient (Wildman–Crippen LogP) is -1.23. The molecule has 6 nitrogen and oxygen atoms in total. The lowest BCUT2D eigenvalue weighted by Crippen LogP contribution is -2.47. The highest BCUT2D eigenvalue weighted by atomic mass is 16.2. The molecule has 5 N–H and O–H groups in total. The van der Waals surface area contributed by atoms with E-state index < -0.39 is 6.03 Å². The van der Waals surface area contributed by atoms with E-state index in [2.05, 4.69) is 16.0 Å². The Morgan fingerprint density at radius 2 is 2.07 bits per heavy atom. The Hall–Kier alpha value is -1.14. The van der Waals surface area contributed by atoms with E-state index in [1.165, 1.54) is 7.05 Å². The first kappa shape index (κ1) is 12.9. The Labute approximate surface area is 83.6 Å². The second kappa shape index (κ2) is 7.28. The molecule has 0 heterocycles. The van der Waals surface area contributed by atoms with Crippen LogP contribution in [0.15, 0.2) is 0 Å². The van der Waals surface area contributed by atoms with E-state index in [0.29, 0.717) is 13.1 Å². The van der Waals surface area contributed by atoms with E-state index in [1.807, 2.05) is 0 Å². The minimum atomic E-state index is -0.498. The van der Waals surface area contributed by atoms with Crippen molar-refractivity contribution < 1.29 is 9.59 Å². The molecular weight excluding hydrogens is 184 g/mol. The first-order chi connectivity index (χ1) is 6.61. The Morgan fingerprint density at radius 1 is 1.43 bits per heavy atom. The van der Waals surface area contributed by atoms with Gasteiger partial charge in [0.15, 0.2) is 0 Å². The summed E-state index contributed by atoms with van der Waals surface area (Å²) >= 11 is 0.